The molecule has 0 radical (unpaired) electrons. The van der Waals surface area contributed by atoms with Crippen molar-refractivity contribution in [3.63, 3.8) is 0 Å². The molecule has 0 fully saturated rings. The van der Waals surface area contributed by atoms with E-state index in [0.717, 1.165) is 3.71 Å². The van der Waals surface area contributed by atoms with Crippen molar-refractivity contribution in [2.24, 2.45) is 0 Å². The third kappa shape index (κ3) is 3.67. The van der Waals surface area contributed by atoms with Crippen molar-refractivity contribution < 1.29 is 4.39 Å². The standard InChI is InChI=1S/C5H3FN.3C3H7.Sn/c6-5-2-1-3-7-4-5;3*1-3-2;/h1-3H;3*1,3H2,2H3;. The molecule has 1 nitrogen and oxygen atoms in total. The summed E-state index contributed by atoms with van der Waals surface area (Å²) in [5, 5.41) is 0. The first-order valence-electron chi connectivity index (χ1n) is 6.81. The first-order valence-corrected chi connectivity index (χ1v) is 14.3. The number of pyridine rings is 1. The Bertz CT molecular complexity index is 324. The van der Waals surface area contributed by atoms with Crippen molar-refractivity contribution in [3.8, 4) is 0 Å². The number of hydrogen-bond donors (Lipinski definition) is 0. The first kappa shape index (κ1) is 14.9. The van der Waals surface area contributed by atoms with E-state index in [1.165, 1.54) is 32.6 Å². The van der Waals surface area contributed by atoms with Crippen molar-refractivity contribution in [1.82, 2.24) is 4.98 Å². The Kier molecular flexibility index (Phi) is 6.45. The molecular weight excluding hydrogens is 320 g/mol. The van der Waals surface area contributed by atoms with Gasteiger partial charge in [-0.3, -0.25) is 0 Å². The molecule has 1 aromatic rings. The predicted molar refractivity (Wildman–Crippen MR) is 74.9 cm³/mol. The van der Waals surface area contributed by atoms with Crippen LogP contribution in [0, 0.1) is 5.82 Å². The van der Waals surface area contributed by atoms with Gasteiger partial charge in [0.2, 0.25) is 0 Å². The van der Waals surface area contributed by atoms with Gasteiger partial charge in [-0.25, -0.2) is 0 Å². The molecule has 0 spiro atoms. The van der Waals surface area contributed by atoms with Gasteiger partial charge in [0.05, 0.1) is 0 Å². The normalized spacial score (nSPS) is 11.8. The Labute approximate surface area is 109 Å². The zero-order valence-corrected chi connectivity index (χ0v) is 14.2. The average Bonchev–Trinajstić information content (AvgIpc) is 2.30. The molecule has 17 heavy (non-hydrogen) atoms. The van der Waals surface area contributed by atoms with Crippen LogP contribution in [0.25, 0.3) is 0 Å². The quantitative estimate of drug-likeness (QED) is 0.679. The van der Waals surface area contributed by atoms with Gasteiger partial charge < -0.3 is 0 Å². The predicted octanol–water partition coefficient (Wildman–Crippen LogP) is 4.11. The Morgan fingerprint density at radius 1 is 1.06 bits per heavy atom. The molecule has 0 saturated heterocycles. The molecule has 0 saturated carbocycles. The molecule has 0 atom stereocenters. The summed E-state index contributed by atoms with van der Waals surface area (Å²) in [6.07, 6.45) is 5.29. The monoisotopic (exact) mass is 345 g/mol. The van der Waals surface area contributed by atoms with Crippen LogP contribution in [-0.2, 0) is 0 Å². The van der Waals surface area contributed by atoms with Crippen molar-refractivity contribution in [1.29, 1.82) is 0 Å². The van der Waals surface area contributed by atoms with E-state index < -0.39 is 18.4 Å². The van der Waals surface area contributed by atoms with Crippen LogP contribution >= 0.6 is 0 Å². The zero-order chi connectivity index (χ0) is 12.7. The van der Waals surface area contributed by atoms with E-state index in [9.17, 15) is 4.39 Å². The number of halogens is 1. The van der Waals surface area contributed by atoms with E-state index in [1.807, 2.05) is 0 Å². The van der Waals surface area contributed by atoms with Crippen LogP contribution in [0.1, 0.15) is 40.0 Å². The van der Waals surface area contributed by atoms with Crippen LogP contribution in [0.3, 0.4) is 0 Å². The molecule has 0 aliphatic heterocycles. The number of rotatable bonds is 7. The number of nitrogens with zero attached hydrogens (tertiary/aromatic N) is 1. The van der Waals surface area contributed by atoms with Gasteiger partial charge in [-0.1, -0.05) is 0 Å². The van der Waals surface area contributed by atoms with Gasteiger partial charge in [-0.2, -0.15) is 0 Å². The third-order valence-electron chi connectivity index (χ3n) is 3.45. The molecule has 0 aliphatic rings. The van der Waals surface area contributed by atoms with Crippen LogP contribution in [-0.4, -0.2) is 23.4 Å². The molecule has 1 rings (SSSR count). The zero-order valence-electron chi connectivity index (χ0n) is 11.3. The molecule has 0 aliphatic carbocycles. The molecule has 0 bridgehead atoms. The Hall–Kier alpha value is -0.121. The van der Waals surface area contributed by atoms with Gasteiger partial charge in [0.1, 0.15) is 0 Å². The van der Waals surface area contributed by atoms with E-state index in [4.69, 9.17) is 0 Å². The van der Waals surface area contributed by atoms with E-state index in [2.05, 4.69) is 25.8 Å². The molecule has 1 aromatic heterocycles. The van der Waals surface area contributed by atoms with Crippen LogP contribution < -0.4 is 3.71 Å². The Morgan fingerprint density at radius 2 is 1.59 bits per heavy atom. The fraction of sp³-hybridized carbons (Fsp3) is 0.643. The number of aromatic nitrogens is 1. The van der Waals surface area contributed by atoms with E-state index in [1.54, 1.807) is 18.3 Å². The van der Waals surface area contributed by atoms with Gasteiger partial charge in [0.15, 0.2) is 0 Å². The summed E-state index contributed by atoms with van der Waals surface area (Å²) in [5.74, 6) is -0.0429. The van der Waals surface area contributed by atoms with Crippen molar-refractivity contribution >= 4 is 22.1 Å². The maximum atomic E-state index is 14.0. The fourth-order valence-corrected chi connectivity index (χ4v) is 18.0. The van der Waals surface area contributed by atoms with Crippen LogP contribution in [0.4, 0.5) is 4.39 Å². The summed E-state index contributed by atoms with van der Waals surface area (Å²) < 4.78 is 18.7. The summed E-state index contributed by atoms with van der Waals surface area (Å²) in [4.78, 5) is 4.42. The third-order valence-corrected chi connectivity index (χ3v) is 19.8. The Morgan fingerprint density at radius 3 is 2.00 bits per heavy atom. The maximum absolute atomic E-state index is 14.0. The average molecular weight is 344 g/mol. The second-order valence-corrected chi connectivity index (χ2v) is 17.8. The van der Waals surface area contributed by atoms with Gasteiger partial charge >= 0.3 is 109 Å². The number of hydrogen-bond acceptors (Lipinski definition) is 1. The SMILES string of the molecule is CC[CH2][Sn]([CH2]CC)([CH2]CC)[c]1ncccc1F. The van der Waals surface area contributed by atoms with E-state index >= 15 is 0 Å². The van der Waals surface area contributed by atoms with Gasteiger partial charge in [0, 0.05) is 0 Å². The molecule has 1 heterocycles. The van der Waals surface area contributed by atoms with Gasteiger partial charge in [-0.15, -0.1) is 0 Å². The van der Waals surface area contributed by atoms with Crippen LogP contribution in [0.15, 0.2) is 18.3 Å². The van der Waals surface area contributed by atoms with Gasteiger partial charge in [-0.05, 0) is 0 Å². The first-order chi connectivity index (χ1) is 8.20. The van der Waals surface area contributed by atoms with Crippen LogP contribution in [0.2, 0.25) is 13.3 Å². The molecule has 0 aromatic carbocycles. The van der Waals surface area contributed by atoms with Crippen LogP contribution in [0.5, 0.6) is 0 Å². The second kappa shape index (κ2) is 7.34. The van der Waals surface area contributed by atoms with Crippen molar-refractivity contribution in [2.75, 3.05) is 0 Å². The van der Waals surface area contributed by atoms with E-state index in [-0.39, 0.29) is 5.82 Å². The summed E-state index contributed by atoms with van der Waals surface area (Å²) in [6.45, 7) is 6.66. The minimum absolute atomic E-state index is 0.0429. The summed E-state index contributed by atoms with van der Waals surface area (Å²) in [7, 11) is 0. The van der Waals surface area contributed by atoms with Crippen molar-refractivity contribution in [2.45, 2.75) is 53.3 Å². The molecule has 0 amide bonds. The topological polar surface area (TPSA) is 12.9 Å². The molecule has 0 N–H and O–H groups in total. The molecule has 96 valence electrons. The summed E-state index contributed by atoms with van der Waals surface area (Å²) in [5.41, 5.74) is 0. The second-order valence-electron chi connectivity index (χ2n) is 4.86. The fourth-order valence-electron chi connectivity index (χ4n) is 2.94. The molecular formula is C14H24FNSn. The van der Waals surface area contributed by atoms with Crippen molar-refractivity contribution in [3.05, 3.63) is 24.1 Å². The Balaban J connectivity index is 3.14. The molecule has 0 unspecified atom stereocenters. The summed E-state index contributed by atoms with van der Waals surface area (Å²) >= 11 is -2.55. The summed E-state index contributed by atoms with van der Waals surface area (Å²) in [6, 6.07) is 3.30. The van der Waals surface area contributed by atoms with E-state index in [0.29, 0.717) is 0 Å². The minimum atomic E-state index is -2.55. The molecule has 3 heteroatoms. The van der Waals surface area contributed by atoms with Gasteiger partial charge in [0.25, 0.3) is 0 Å².